The van der Waals surface area contributed by atoms with E-state index in [1.165, 1.54) is 23.4 Å². The standard InChI is InChI=1S/C24H33N5/c1-19-8-10-23(11-9-19)29-15-13-21(18-29)27-24(25-2)26-16-20-12-14-28(17-20)22-6-4-3-5-7-22/h3-11,20-21H,12-18H2,1-2H3,(H2,25,26,27). The summed E-state index contributed by atoms with van der Waals surface area (Å²) in [5.74, 6) is 1.58. The molecule has 4 rings (SSSR count). The molecule has 0 bridgehead atoms. The summed E-state index contributed by atoms with van der Waals surface area (Å²) in [4.78, 5) is 9.40. The molecule has 154 valence electrons. The van der Waals surface area contributed by atoms with Gasteiger partial charge in [-0.2, -0.15) is 0 Å². The fourth-order valence-electron chi connectivity index (χ4n) is 4.37. The van der Waals surface area contributed by atoms with Gasteiger partial charge in [-0.3, -0.25) is 4.99 Å². The van der Waals surface area contributed by atoms with Crippen molar-refractivity contribution in [1.29, 1.82) is 0 Å². The summed E-state index contributed by atoms with van der Waals surface area (Å²) in [6.07, 6.45) is 2.36. The molecular weight excluding hydrogens is 358 g/mol. The SMILES string of the molecule is CN=C(NCC1CCN(c2ccccc2)C1)NC1CCN(c2ccc(C)cc2)C1. The molecule has 0 radical (unpaired) electrons. The average molecular weight is 392 g/mol. The summed E-state index contributed by atoms with van der Waals surface area (Å²) in [6.45, 7) is 7.46. The Hall–Kier alpha value is -2.69. The maximum absolute atomic E-state index is 4.46. The van der Waals surface area contributed by atoms with Crippen LogP contribution in [0.25, 0.3) is 0 Å². The Morgan fingerprint density at radius 1 is 0.931 bits per heavy atom. The molecular formula is C24H33N5. The molecule has 2 unspecified atom stereocenters. The quantitative estimate of drug-likeness (QED) is 0.606. The van der Waals surface area contributed by atoms with E-state index in [4.69, 9.17) is 0 Å². The number of hydrogen-bond acceptors (Lipinski definition) is 3. The van der Waals surface area contributed by atoms with E-state index < -0.39 is 0 Å². The summed E-state index contributed by atoms with van der Waals surface area (Å²) in [7, 11) is 1.87. The fourth-order valence-corrected chi connectivity index (χ4v) is 4.37. The predicted molar refractivity (Wildman–Crippen MR) is 123 cm³/mol. The molecule has 2 heterocycles. The molecule has 2 aliphatic rings. The zero-order chi connectivity index (χ0) is 20.1. The van der Waals surface area contributed by atoms with Crippen LogP contribution in [-0.4, -0.2) is 51.8 Å². The van der Waals surface area contributed by atoms with Gasteiger partial charge in [-0.05, 0) is 49.9 Å². The third-order valence-corrected chi connectivity index (χ3v) is 6.12. The lowest BCUT2D eigenvalue weighted by Gasteiger charge is -2.22. The minimum atomic E-state index is 0.437. The largest absolute Gasteiger partial charge is 0.371 e. The second-order valence-electron chi connectivity index (χ2n) is 8.30. The minimum absolute atomic E-state index is 0.437. The Kier molecular flexibility index (Phi) is 6.23. The highest BCUT2D eigenvalue weighted by Crippen LogP contribution is 2.23. The van der Waals surface area contributed by atoms with Gasteiger partial charge in [0.25, 0.3) is 0 Å². The molecule has 2 saturated heterocycles. The van der Waals surface area contributed by atoms with Crippen molar-refractivity contribution in [3.63, 3.8) is 0 Å². The molecule has 0 aliphatic carbocycles. The summed E-state index contributed by atoms with van der Waals surface area (Å²) in [6, 6.07) is 20.0. The number of guanidine groups is 1. The van der Waals surface area contributed by atoms with Gasteiger partial charge in [0.2, 0.25) is 0 Å². The fraction of sp³-hybridized carbons (Fsp3) is 0.458. The van der Waals surface area contributed by atoms with Crippen LogP contribution in [0.3, 0.4) is 0 Å². The van der Waals surface area contributed by atoms with Crippen molar-refractivity contribution < 1.29 is 0 Å². The highest BCUT2D eigenvalue weighted by atomic mass is 15.2. The number of benzene rings is 2. The van der Waals surface area contributed by atoms with Crippen LogP contribution in [0, 0.1) is 12.8 Å². The summed E-state index contributed by atoms with van der Waals surface area (Å²) in [5, 5.41) is 7.19. The molecule has 2 aromatic carbocycles. The molecule has 5 heteroatoms. The Balaban J connectivity index is 1.23. The van der Waals surface area contributed by atoms with Crippen molar-refractivity contribution in [2.24, 2.45) is 10.9 Å². The van der Waals surface area contributed by atoms with Crippen molar-refractivity contribution in [2.45, 2.75) is 25.8 Å². The predicted octanol–water partition coefficient (Wildman–Crippen LogP) is 3.27. The maximum Gasteiger partial charge on any atom is 0.191 e. The van der Waals surface area contributed by atoms with E-state index in [2.05, 4.69) is 86.9 Å². The van der Waals surface area contributed by atoms with Crippen molar-refractivity contribution >= 4 is 17.3 Å². The van der Waals surface area contributed by atoms with E-state index in [1.54, 1.807) is 0 Å². The third kappa shape index (κ3) is 5.03. The van der Waals surface area contributed by atoms with Crippen LogP contribution in [0.4, 0.5) is 11.4 Å². The van der Waals surface area contributed by atoms with Crippen LogP contribution in [0.15, 0.2) is 59.6 Å². The van der Waals surface area contributed by atoms with Gasteiger partial charge in [0.1, 0.15) is 0 Å². The van der Waals surface area contributed by atoms with Crippen molar-refractivity contribution in [2.75, 3.05) is 49.6 Å². The lowest BCUT2D eigenvalue weighted by atomic mass is 10.1. The molecule has 2 aliphatic heterocycles. The molecule has 2 atom stereocenters. The van der Waals surface area contributed by atoms with Crippen LogP contribution in [0.2, 0.25) is 0 Å². The maximum atomic E-state index is 4.46. The van der Waals surface area contributed by atoms with E-state index in [0.717, 1.165) is 45.1 Å². The molecule has 0 aromatic heterocycles. The van der Waals surface area contributed by atoms with Crippen molar-refractivity contribution in [1.82, 2.24) is 10.6 Å². The van der Waals surface area contributed by atoms with Crippen LogP contribution in [-0.2, 0) is 0 Å². The Bertz CT molecular complexity index is 802. The number of hydrogen-bond donors (Lipinski definition) is 2. The van der Waals surface area contributed by atoms with Crippen molar-refractivity contribution in [3.8, 4) is 0 Å². The van der Waals surface area contributed by atoms with Crippen LogP contribution < -0.4 is 20.4 Å². The van der Waals surface area contributed by atoms with E-state index in [0.29, 0.717) is 12.0 Å². The second kappa shape index (κ2) is 9.21. The summed E-state index contributed by atoms with van der Waals surface area (Å²) < 4.78 is 0. The molecule has 2 aromatic rings. The third-order valence-electron chi connectivity index (χ3n) is 6.12. The Morgan fingerprint density at radius 3 is 2.38 bits per heavy atom. The number of rotatable bonds is 5. The van der Waals surface area contributed by atoms with E-state index >= 15 is 0 Å². The highest BCUT2D eigenvalue weighted by molar-refractivity contribution is 5.80. The second-order valence-corrected chi connectivity index (χ2v) is 8.30. The van der Waals surface area contributed by atoms with Gasteiger partial charge >= 0.3 is 0 Å². The molecule has 2 fully saturated rings. The van der Waals surface area contributed by atoms with E-state index in [9.17, 15) is 0 Å². The van der Waals surface area contributed by atoms with Crippen LogP contribution >= 0.6 is 0 Å². The molecule has 0 amide bonds. The lowest BCUT2D eigenvalue weighted by Crippen LogP contribution is -2.46. The zero-order valence-electron chi connectivity index (χ0n) is 17.6. The van der Waals surface area contributed by atoms with Gasteiger partial charge in [0.15, 0.2) is 5.96 Å². The number of aliphatic imine (C=N–C) groups is 1. The molecule has 0 saturated carbocycles. The molecule has 29 heavy (non-hydrogen) atoms. The number of anilines is 2. The normalized spacial score (nSPS) is 22.2. The van der Waals surface area contributed by atoms with Gasteiger partial charge < -0.3 is 20.4 Å². The summed E-state index contributed by atoms with van der Waals surface area (Å²) >= 11 is 0. The van der Waals surface area contributed by atoms with Gasteiger partial charge in [0, 0.05) is 57.2 Å². The van der Waals surface area contributed by atoms with Crippen molar-refractivity contribution in [3.05, 3.63) is 60.2 Å². The number of nitrogens with one attached hydrogen (secondary N) is 2. The molecule has 2 N–H and O–H groups in total. The van der Waals surface area contributed by atoms with Gasteiger partial charge in [-0.1, -0.05) is 35.9 Å². The smallest absolute Gasteiger partial charge is 0.191 e. The Labute approximate surface area is 174 Å². The van der Waals surface area contributed by atoms with E-state index in [1.807, 2.05) is 7.05 Å². The minimum Gasteiger partial charge on any atom is -0.371 e. The first-order valence-corrected chi connectivity index (χ1v) is 10.8. The average Bonchev–Trinajstić information content (AvgIpc) is 3.42. The van der Waals surface area contributed by atoms with E-state index in [-0.39, 0.29) is 0 Å². The van der Waals surface area contributed by atoms with Gasteiger partial charge in [0.05, 0.1) is 0 Å². The first-order valence-electron chi connectivity index (χ1n) is 10.8. The Morgan fingerprint density at radius 2 is 1.62 bits per heavy atom. The number of aryl methyl sites for hydroxylation is 1. The monoisotopic (exact) mass is 391 g/mol. The van der Waals surface area contributed by atoms with Crippen LogP contribution in [0.5, 0.6) is 0 Å². The molecule has 5 nitrogen and oxygen atoms in total. The zero-order valence-corrected chi connectivity index (χ0v) is 17.6. The molecule has 0 spiro atoms. The number of nitrogens with zero attached hydrogens (tertiary/aromatic N) is 3. The van der Waals surface area contributed by atoms with Crippen LogP contribution in [0.1, 0.15) is 18.4 Å². The first-order chi connectivity index (χ1) is 14.2. The van der Waals surface area contributed by atoms with Gasteiger partial charge in [-0.25, -0.2) is 0 Å². The summed E-state index contributed by atoms with van der Waals surface area (Å²) in [5.41, 5.74) is 3.96. The first kappa shape index (κ1) is 19.6. The highest BCUT2D eigenvalue weighted by Gasteiger charge is 2.25. The number of para-hydroxylation sites is 1. The lowest BCUT2D eigenvalue weighted by molar-refractivity contribution is 0.557. The van der Waals surface area contributed by atoms with Gasteiger partial charge in [-0.15, -0.1) is 0 Å². The topological polar surface area (TPSA) is 42.9 Å².